The Balaban J connectivity index is 2.24. The van der Waals surface area contributed by atoms with Gasteiger partial charge in [-0.15, -0.1) is 11.3 Å². The lowest BCUT2D eigenvalue weighted by Crippen LogP contribution is -1.93. The molecule has 0 aliphatic heterocycles. The molecule has 1 aromatic carbocycles. The zero-order valence-corrected chi connectivity index (χ0v) is 11.9. The highest BCUT2D eigenvalue weighted by atomic mass is 35.5. The van der Waals surface area contributed by atoms with E-state index in [4.69, 9.17) is 20.8 Å². The monoisotopic (exact) mass is 291 g/mol. The number of benzene rings is 1. The van der Waals surface area contributed by atoms with Gasteiger partial charge in [0.05, 0.1) is 12.7 Å². The van der Waals surface area contributed by atoms with Gasteiger partial charge in [0, 0.05) is 11.1 Å². The van der Waals surface area contributed by atoms with E-state index in [2.05, 4.69) is 0 Å². The van der Waals surface area contributed by atoms with E-state index in [0.717, 1.165) is 27.4 Å². The molecule has 0 saturated carbocycles. The van der Waals surface area contributed by atoms with Crippen molar-refractivity contribution in [3.8, 4) is 16.4 Å². The first-order chi connectivity index (χ1) is 9.28. The van der Waals surface area contributed by atoms with Crippen molar-refractivity contribution < 1.29 is 9.15 Å². The molecule has 3 aromatic rings. The van der Waals surface area contributed by atoms with Crippen molar-refractivity contribution in [1.29, 1.82) is 0 Å². The van der Waals surface area contributed by atoms with Gasteiger partial charge in [0.2, 0.25) is 0 Å². The smallest absolute Gasteiger partial charge is 0.374 e. The fraction of sp³-hybridized carbons (Fsp3) is 0.133. The van der Waals surface area contributed by atoms with Crippen LogP contribution in [0.5, 0.6) is 5.75 Å². The van der Waals surface area contributed by atoms with Crippen LogP contribution in [-0.2, 0) is 0 Å². The summed E-state index contributed by atoms with van der Waals surface area (Å²) in [4.78, 5) is 1.08. The fourth-order valence-corrected chi connectivity index (χ4v) is 2.79. The van der Waals surface area contributed by atoms with Crippen molar-refractivity contribution in [2.45, 2.75) is 6.92 Å². The summed E-state index contributed by atoms with van der Waals surface area (Å²) in [7, 11) is 0. The molecule has 2 heterocycles. The van der Waals surface area contributed by atoms with Crippen molar-refractivity contribution >= 4 is 33.9 Å². The van der Waals surface area contributed by atoms with E-state index < -0.39 is 0 Å². The molecule has 2 nitrogen and oxygen atoms in total. The Bertz CT molecular complexity index is 707. The zero-order chi connectivity index (χ0) is 13.2. The standard InChI is InChI=1S/C15H12ClO2S/c1-2-17-13-9-14(15-4-3-7-19-15)18-12-6-5-10(16)8-11(12)13/h3-9H,2H2,1H3/q+1. The zero-order valence-electron chi connectivity index (χ0n) is 10.4. The van der Waals surface area contributed by atoms with E-state index >= 15 is 0 Å². The minimum absolute atomic E-state index is 0.607. The topological polar surface area (TPSA) is 20.5 Å². The summed E-state index contributed by atoms with van der Waals surface area (Å²) in [5.41, 5.74) is 0.777. The molecule has 0 aliphatic rings. The summed E-state index contributed by atoms with van der Waals surface area (Å²) in [5, 5.41) is 3.60. The maximum absolute atomic E-state index is 6.03. The SMILES string of the molecule is CCOc1cc(-c2cccs2)[o+]c2ccc(Cl)cc12. The minimum Gasteiger partial charge on any atom is -0.493 e. The Morgan fingerprint density at radius 1 is 1.26 bits per heavy atom. The van der Waals surface area contributed by atoms with Gasteiger partial charge < -0.3 is 4.74 Å². The number of rotatable bonds is 3. The second-order valence-electron chi connectivity index (χ2n) is 4.03. The first-order valence-electron chi connectivity index (χ1n) is 6.01. The molecule has 0 amide bonds. The predicted octanol–water partition coefficient (Wildman–Crippen LogP) is 5.49. The third-order valence-electron chi connectivity index (χ3n) is 2.75. The Morgan fingerprint density at radius 2 is 2.16 bits per heavy atom. The molecule has 0 aliphatic carbocycles. The van der Waals surface area contributed by atoms with Crippen molar-refractivity contribution in [2.75, 3.05) is 6.61 Å². The lowest BCUT2D eigenvalue weighted by molar-refractivity contribution is 0.342. The summed E-state index contributed by atoms with van der Waals surface area (Å²) in [6, 6.07) is 11.5. The number of thiophene rings is 1. The Kier molecular flexibility index (Phi) is 3.40. The molecule has 0 saturated heterocycles. The van der Waals surface area contributed by atoms with Gasteiger partial charge in [0.1, 0.15) is 16.0 Å². The van der Waals surface area contributed by atoms with Crippen LogP contribution in [0.3, 0.4) is 0 Å². The average Bonchev–Trinajstić information content (AvgIpc) is 2.93. The first kappa shape index (κ1) is 12.5. The van der Waals surface area contributed by atoms with Crippen LogP contribution in [-0.4, -0.2) is 6.61 Å². The van der Waals surface area contributed by atoms with Crippen LogP contribution in [0, 0.1) is 0 Å². The lowest BCUT2D eigenvalue weighted by atomic mass is 10.2. The van der Waals surface area contributed by atoms with Gasteiger partial charge in [0.25, 0.3) is 0 Å². The molecular formula is C15H12ClO2S+. The molecule has 0 radical (unpaired) electrons. The highest BCUT2D eigenvalue weighted by Gasteiger charge is 2.20. The second kappa shape index (κ2) is 5.19. The molecule has 4 heteroatoms. The van der Waals surface area contributed by atoms with Crippen LogP contribution in [0.4, 0.5) is 0 Å². The van der Waals surface area contributed by atoms with E-state index in [0.29, 0.717) is 11.6 Å². The Hall–Kier alpha value is -1.58. The quantitative estimate of drug-likeness (QED) is 0.594. The maximum atomic E-state index is 6.03. The minimum atomic E-state index is 0.607. The largest absolute Gasteiger partial charge is 0.493 e. The molecule has 0 atom stereocenters. The lowest BCUT2D eigenvalue weighted by Gasteiger charge is -2.03. The van der Waals surface area contributed by atoms with Crippen molar-refractivity contribution in [2.24, 2.45) is 0 Å². The van der Waals surface area contributed by atoms with E-state index in [-0.39, 0.29) is 0 Å². The van der Waals surface area contributed by atoms with Crippen LogP contribution in [0.1, 0.15) is 6.92 Å². The third-order valence-corrected chi connectivity index (χ3v) is 3.87. The fourth-order valence-electron chi connectivity index (χ4n) is 1.94. The number of fused-ring (bicyclic) bond motifs is 1. The molecule has 2 aromatic heterocycles. The molecule has 3 rings (SSSR count). The van der Waals surface area contributed by atoms with Crippen molar-refractivity contribution in [3.63, 3.8) is 0 Å². The summed E-state index contributed by atoms with van der Waals surface area (Å²) in [6.45, 7) is 2.57. The molecular weight excluding hydrogens is 280 g/mol. The van der Waals surface area contributed by atoms with Crippen LogP contribution >= 0.6 is 22.9 Å². The van der Waals surface area contributed by atoms with Gasteiger partial charge >= 0.3 is 11.3 Å². The number of halogens is 1. The first-order valence-corrected chi connectivity index (χ1v) is 7.27. The van der Waals surface area contributed by atoms with Gasteiger partial charge in [-0.25, -0.2) is 4.42 Å². The van der Waals surface area contributed by atoms with Gasteiger partial charge in [-0.2, -0.15) is 0 Å². The van der Waals surface area contributed by atoms with Gasteiger partial charge in [-0.1, -0.05) is 17.7 Å². The van der Waals surface area contributed by atoms with Gasteiger partial charge in [0.15, 0.2) is 0 Å². The van der Waals surface area contributed by atoms with Gasteiger partial charge in [-0.05, 0) is 30.5 Å². The summed E-state index contributed by atoms with van der Waals surface area (Å²) in [5.74, 6) is 1.61. The summed E-state index contributed by atoms with van der Waals surface area (Å²) in [6.07, 6.45) is 0. The van der Waals surface area contributed by atoms with E-state index in [9.17, 15) is 0 Å². The Labute approximate surface area is 120 Å². The second-order valence-corrected chi connectivity index (χ2v) is 5.41. The molecule has 0 bridgehead atoms. The highest BCUT2D eigenvalue weighted by Crippen LogP contribution is 2.35. The average molecular weight is 292 g/mol. The molecule has 0 N–H and O–H groups in total. The van der Waals surface area contributed by atoms with E-state index in [1.54, 1.807) is 11.3 Å². The van der Waals surface area contributed by atoms with Crippen LogP contribution in [0.25, 0.3) is 21.6 Å². The third kappa shape index (κ3) is 2.44. The maximum Gasteiger partial charge on any atom is 0.374 e. The highest BCUT2D eigenvalue weighted by molar-refractivity contribution is 7.13. The van der Waals surface area contributed by atoms with Crippen LogP contribution in [0.2, 0.25) is 5.02 Å². The summed E-state index contributed by atoms with van der Waals surface area (Å²) < 4.78 is 11.6. The van der Waals surface area contributed by atoms with Crippen LogP contribution in [0.15, 0.2) is 46.2 Å². The number of hydrogen-bond donors (Lipinski definition) is 0. The predicted molar refractivity (Wildman–Crippen MR) is 80.1 cm³/mol. The molecule has 0 fully saturated rings. The number of hydrogen-bond acceptors (Lipinski definition) is 2. The summed E-state index contributed by atoms with van der Waals surface area (Å²) >= 11 is 7.67. The number of ether oxygens (including phenoxy) is 1. The van der Waals surface area contributed by atoms with Crippen LogP contribution < -0.4 is 4.74 Å². The molecule has 0 unspecified atom stereocenters. The van der Waals surface area contributed by atoms with E-state index in [1.807, 2.05) is 48.7 Å². The Morgan fingerprint density at radius 3 is 2.89 bits per heavy atom. The molecule has 19 heavy (non-hydrogen) atoms. The van der Waals surface area contributed by atoms with E-state index in [1.165, 1.54) is 0 Å². The molecule has 96 valence electrons. The molecule has 0 spiro atoms. The van der Waals surface area contributed by atoms with Gasteiger partial charge in [-0.3, -0.25) is 0 Å². The van der Waals surface area contributed by atoms with Crippen molar-refractivity contribution in [3.05, 3.63) is 46.8 Å². The normalized spacial score (nSPS) is 10.8. The van der Waals surface area contributed by atoms with Crippen molar-refractivity contribution in [1.82, 2.24) is 0 Å².